The molecule has 0 atom stereocenters. The van der Waals surface area contributed by atoms with Crippen LogP contribution >= 0.6 is 35.0 Å². The van der Waals surface area contributed by atoms with Crippen LogP contribution in [-0.4, -0.2) is 27.6 Å². The van der Waals surface area contributed by atoms with Crippen molar-refractivity contribution < 1.29 is 9.90 Å². The number of halogens is 2. The summed E-state index contributed by atoms with van der Waals surface area (Å²) in [6.07, 6.45) is 3.31. The van der Waals surface area contributed by atoms with Gasteiger partial charge in [0, 0.05) is 22.2 Å². The van der Waals surface area contributed by atoms with E-state index in [1.807, 2.05) is 0 Å². The molecule has 1 fully saturated rings. The van der Waals surface area contributed by atoms with Gasteiger partial charge in [0.25, 0.3) is 5.91 Å². The number of phenols is 1. The van der Waals surface area contributed by atoms with Crippen LogP contribution < -0.4 is 0 Å². The molecule has 7 heteroatoms. The van der Waals surface area contributed by atoms with Crippen LogP contribution in [0.4, 0.5) is 5.69 Å². The zero-order chi connectivity index (χ0) is 18.7. The molecule has 26 heavy (non-hydrogen) atoms. The van der Waals surface area contributed by atoms with Crippen molar-refractivity contribution in [3.63, 3.8) is 0 Å². The van der Waals surface area contributed by atoms with Gasteiger partial charge in [-0.25, -0.2) is 4.99 Å². The molecule has 1 saturated heterocycles. The van der Waals surface area contributed by atoms with Gasteiger partial charge in [0.15, 0.2) is 5.17 Å². The van der Waals surface area contributed by atoms with Gasteiger partial charge >= 0.3 is 0 Å². The number of carbonyl (C=O) groups excluding carboxylic acids is 1. The SMILES string of the molecule is C=CCN1C(=O)/C(=C/c2c(Cl)cccc2Cl)SC1=Nc1ccc(O)cc1. The molecule has 0 bridgehead atoms. The lowest BCUT2D eigenvalue weighted by Crippen LogP contribution is -2.29. The Morgan fingerprint density at radius 2 is 1.81 bits per heavy atom. The Labute approximate surface area is 165 Å². The number of aromatic hydroxyl groups is 1. The molecular formula is C19H14Cl2N2O2S. The summed E-state index contributed by atoms with van der Waals surface area (Å²) in [5.74, 6) is -0.0376. The van der Waals surface area contributed by atoms with Crippen molar-refractivity contribution in [1.29, 1.82) is 0 Å². The van der Waals surface area contributed by atoms with Gasteiger partial charge in [-0.05, 0) is 54.2 Å². The van der Waals surface area contributed by atoms with E-state index in [0.29, 0.717) is 37.9 Å². The Bertz CT molecular complexity index is 903. The molecule has 0 saturated carbocycles. The normalized spacial score (nSPS) is 17.3. The number of benzene rings is 2. The summed E-state index contributed by atoms with van der Waals surface area (Å²) < 4.78 is 0. The molecule has 0 unspecified atom stereocenters. The molecule has 2 aromatic carbocycles. The lowest BCUT2D eigenvalue weighted by molar-refractivity contribution is -0.121. The Kier molecular flexibility index (Phi) is 5.71. The number of rotatable bonds is 4. The average Bonchev–Trinajstić information content (AvgIpc) is 2.89. The Morgan fingerprint density at radius 1 is 1.15 bits per heavy atom. The molecule has 132 valence electrons. The fraction of sp³-hybridized carbons (Fsp3) is 0.0526. The third kappa shape index (κ3) is 3.96. The van der Waals surface area contributed by atoms with E-state index in [9.17, 15) is 9.90 Å². The van der Waals surface area contributed by atoms with Gasteiger partial charge in [-0.15, -0.1) is 6.58 Å². The van der Waals surface area contributed by atoms with Crippen LogP contribution in [0.5, 0.6) is 5.75 Å². The van der Waals surface area contributed by atoms with Gasteiger partial charge in [-0.3, -0.25) is 9.69 Å². The van der Waals surface area contributed by atoms with E-state index in [1.54, 1.807) is 54.6 Å². The highest BCUT2D eigenvalue weighted by Gasteiger charge is 2.32. The van der Waals surface area contributed by atoms with Crippen molar-refractivity contribution in [3.05, 3.63) is 75.6 Å². The summed E-state index contributed by atoms with van der Waals surface area (Å²) in [6, 6.07) is 11.6. The first-order valence-corrected chi connectivity index (χ1v) is 9.21. The van der Waals surface area contributed by atoms with Crippen LogP contribution in [0.15, 0.2) is 65.0 Å². The maximum Gasteiger partial charge on any atom is 0.267 e. The predicted octanol–water partition coefficient (Wildman–Crippen LogP) is 5.49. The lowest BCUT2D eigenvalue weighted by atomic mass is 10.2. The monoisotopic (exact) mass is 404 g/mol. The van der Waals surface area contributed by atoms with Crippen molar-refractivity contribution in [3.8, 4) is 5.75 Å². The standard InChI is InChI=1S/C19H14Cl2N2O2S/c1-2-10-23-18(25)17(11-14-15(20)4-3-5-16(14)21)26-19(23)22-12-6-8-13(24)9-7-12/h2-9,11,24H,1,10H2/b17-11-,22-19?. The van der Waals surface area contributed by atoms with Gasteiger partial charge in [0.2, 0.25) is 0 Å². The molecule has 0 spiro atoms. The summed E-state index contributed by atoms with van der Waals surface area (Å²) in [6.45, 7) is 4.03. The molecule has 0 aliphatic carbocycles. The fourth-order valence-electron chi connectivity index (χ4n) is 2.30. The first-order chi connectivity index (χ1) is 12.5. The van der Waals surface area contributed by atoms with Gasteiger partial charge in [-0.2, -0.15) is 0 Å². The Morgan fingerprint density at radius 3 is 2.42 bits per heavy atom. The van der Waals surface area contributed by atoms with Crippen molar-refractivity contribution in [2.45, 2.75) is 0 Å². The number of carbonyl (C=O) groups is 1. The second kappa shape index (κ2) is 7.99. The minimum atomic E-state index is -0.191. The minimum Gasteiger partial charge on any atom is -0.508 e. The summed E-state index contributed by atoms with van der Waals surface area (Å²) in [7, 11) is 0. The summed E-state index contributed by atoms with van der Waals surface area (Å²) in [4.78, 5) is 19.3. The van der Waals surface area contributed by atoms with Crippen molar-refractivity contribution in [2.24, 2.45) is 4.99 Å². The number of amides is 1. The number of hydrogen-bond donors (Lipinski definition) is 1. The van der Waals surface area contributed by atoms with E-state index in [2.05, 4.69) is 11.6 Å². The van der Waals surface area contributed by atoms with Crippen LogP contribution in [0.25, 0.3) is 6.08 Å². The number of thioether (sulfide) groups is 1. The lowest BCUT2D eigenvalue weighted by Gasteiger charge is -2.12. The van der Waals surface area contributed by atoms with Gasteiger partial charge < -0.3 is 5.11 Å². The van der Waals surface area contributed by atoms with Crippen LogP contribution in [0, 0.1) is 0 Å². The first kappa shape index (κ1) is 18.6. The highest BCUT2D eigenvalue weighted by molar-refractivity contribution is 8.18. The molecule has 1 N–H and O–H groups in total. The van der Waals surface area contributed by atoms with Crippen LogP contribution in [0.3, 0.4) is 0 Å². The van der Waals surface area contributed by atoms with Gasteiger partial charge in [0.1, 0.15) is 5.75 Å². The van der Waals surface area contributed by atoms with Gasteiger partial charge in [-0.1, -0.05) is 35.3 Å². The number of nitrogens with zero attached hydrogens (tertiary/aromatic N) is 2. The average molecular weight is 405 g/mol. The van der Waals surface area contributed by atoms with Crippen LogP contribution in [0.2, 0.25) is 10.0 Å². The van der Waals surface area contributed by atoms with Crippen LogP contribution in [-0.2, 0) is 4.79 Å². The van der Waals surface area contributed by atoms with E-state index >= 15 is 0 Å². The predicted molar refractivity (Wildman–Crippen MR) is 109 cm³/mol. The van der Waals surface area contributed by atoms with E-state index in [-0.39, 0.29) is 11.7 Å². The highest BCUT2D eigenvalue weighted by Crippen LogP contribution is 2.36. The van der Waals surface area contributed by atoms with Crippen molar-refractivity contribution >= 4 is 57.8 Å². The molecule has 4 nitrogen and oxygen atoms in total. The molecule has 3 rings (SSSR count). The second-order valence-electron chi connectivity index (χ2n) is 5.36. The highest BCUT2D eigenvalue weighted by atomic mass is 35.5. The van der Waals surface area contributed by atoms with E-state index in [0.717, 1.165) is 0 Å². The largest absolute Gasteiger partial charge is 0.508 e. The van der Waals surface area contributed by atoms with E-state index in [1.165, 1.54) is 16.7 Å². The van der Waals surface area contributed by atoms with Crippen LogP contribution in [0.1, 0.15) is 5.56 Å². The van der Waals surface area contributed by atoms with E-state index in [4.69, 9.17) is 23.2 Å². The third-order valence-electron chi connectivity index (χ3n) is 3.55. The van der Waals surface area contributed by atoms with Crippen molar-refractivity contribution in [1.82, 2.24) is 4.90 Å². The number of phenolic OH excluding ortho intramolecular Hbond substituents is 1. The number of amidine groups is 1. The van der Waals surface area contributed by atoms with E-state index < -0.39 is 0 Å². The zero-order valence-electron chi connectivity index (χ0n) is 13.5. The topological polar surface area (TPSA) is 52.9 Å². The molecule has 0 radical (unpaired) electrons. The van der Waals surface area contributed by atoms with Gasteiger partial charge in [0.05, 0.1) is 10.6 Å². The number of hydrogen-bond acceptors (Lipinski definition) is 4. The minimum absolute atomic E-state index is 0.154. The Hall–Kier alpha value is -2.21. The maximum atomic E-state index is 12.8. The molecular weight excluding hydrogens is 391 g/mol. The molecule has 1 amide bonds. The fourth-order valence-corrected chi connectivity index (χ4v) is 3.79. The zero-order valence-corrected chi connectivity index (χ0v) is 15.9. The van der Waals surface area contributed by atoms with Crippen molar-refractivity contribution in [2.75, 3.05) is 6.54 Å². The molecule has 1 aliphatic heterocycles. The summed E-state index contributed by atoms with van der Waals surface area (Å²) in [5, 5.41) is 10.9. The molecule has 1 heterocycles. The quantitative estimate of drug-likeness (QED) is 0.541. The summed E-state index contributed by atoms with van der Waals surface area (Å²) in [5.41, 5.74) is 1.22. The second-order valence-corrected chi connectivity index (χ2v) is 7.18. The first-order valence-electron chi connectivity index (χ1n) is 7.63. The summed E-state index contributed by atoms with van der Waals surface area (Å²) >= 11 is 13.6. The smallest absolute Gasteiger partial charge is 0.267 e. The molecule has 1 aliphatic rings. The molecule has 2 aromatic rings. The third-order valence-corrected chi connectivity index (χ3v) is 5.22. The maximum absolute atomic E-state index is 12.8. The Balaban J connectivity index is 2.00. The molecule has 0 aromatic heterocycles. The number of aliphatic imine (C=N–C) groups is 1.